The average Bonchev–Trinajstić information content (AvgIpc) is 3.11. The van der Waals surface area contributed by atoms with Gasteiger partial charge >= 0.3 is 0 Å². The van der Waals surface area contributed by atoms with Crippen molar-refractivity contribution in [1.82, 2.24) is 14.9 Å². The molecule has 0 amide bonds. The Bertz CT molecular complexity index is 933. The zero-order chi connectivity index (χ0) is 17.2. The van der Waals surface area contributed by atoms with Crippen LogP contribution in [0.2, 0.25) is 0 Å². The van der Waals surface area contributed by atoms with Crippen molar-refractivity contribution in [3.05, 3.63) is 69.8 Å². The normalized spacial score (nSPS) is 14.4. The van der Waals surface area contributed by atoms with E-state index in [1.165, 1.54) is 11.8 Å². The Balaban J connectivity index is 1.50. The quantitative estimate of drug-likeness (QED) is 0.576. The summed E-state index contributed by atoms with van der Waals surface area (Å²) >= 11 is 1.46. The first-order valence-corrected chi connectivity index (χ1v) is 9.48. The van der Waals surface area contributed by atoms with Crippen LogP contribution < -0.4 is 5.56 Å². The van der Waals surface area contributed by atoms with Gasteiger partial charge in [-0.15, -0.1) is 0 Å². The van der Waals surface area contributed by atoms with Crippen LogP contribution in [-0.2, 0) is 19.5 Å². The third-order valence-corrected chi connectivity index (χ3v) is 5.00. The molecule has 0 bridgehead atoms. The number of furan rings is 1. The lowest BCUT2D eigenvalue weighted by Crippen LogP contribution is -2.35. The predicted molar refractivity (Wildman–Crippen MR) is 98.6 cm³/mol. The summed E-state index contributed by atoms with van der Waals surface area (Å²) < 4.78 is 5.98. The maximum atomic E-state index is 12.3. The average molecular weight is 353 g/mol. The number of thioether (sulfide) groups is 1. The van der Waals surface area contributed by atoms with Gasteiger partial charge in [0.05, 0.1) is 17.8 Å². The van der Waals surface area contributed by atoms with Crippen LogP contribution in [0, 0.1) is 0 Å². The number of aromatic nitrogens is 2. The van der Waals surface area contributed by atoms with Gasteiger partial charge in [0, 0.05) is 25.1 Å². The van der Waals surface area contributed by atoms with E-state index in [1.54, 1.807) is 0 Å². The van der Waals surface area contributed by atoms with E-state index in [4.69, 9.17) is 4.42 Å². The van der Waals surface area contributed by atoms with Crippen LogP contribution in [0.15, 0.2) is 56.8 Å². The highest BCUT2D eigenvalue weighted by molar-refractivity contribution is 7.98. The minimum atomic E-state index is -0.0246. The lowest BCUT2D eigenvalue weighted by Gasteiger charge is -2.26. The molecular formula is C19H19N3O2S. The summed E-state index contributed by atoms with van der Waals surface area (Å²) in [6, 6.07) is 14.1. The summed E-state index contributed by atoms with van der Waals surface area (Å²) in [6.45, 7) is 2.17. The van der Waals surface area contributed by atoms with E-state index < -0.39 is 0 Å². The molecule has 0 saturated heterocycles. The Hall–Kier alpha value is -2.31. The summed E-state index contributed by atoms with van der Waals surface area (Å²) in [7, 11) is 0. The number of nitrogens with zero attached hydrogens (tertiary/aromatic N) is 2. The minimum Gasteiger partial charge on any atom is -0.460 e. The van der Waals surface area contributed by atoms with Crippen LogP contribution in [-0.4, -0.2) is 27.7 Å². The second kappa shape index (κ2) is 6.90. The van der Waals surface area contributed by atoms with Crippen molar-refractivity contribution in [2.24, 2.45) is 0 Å². The molecule has 1 N–H and O–H groups in total. The number of hydrogen-bond acceptors (Lipinski definition) is 5. The van der Waals surface area contributed by atoms with Crippen LogP contribution in [0.3, 0.4) is 0 Å². The zero-order valence-electron chi connectivity index (χ0n) is 14.0. The number of rotatable bonds is 4. The van der Waals surface area contributed by atoms with Gasteiger partial charge in [-0.2, -0.15) is 0 Å². The molecule has 128 valence electrons. The van der Waals surface area contributed by atoms with Crippen LogP contribution in [0.4, 0.5) is 0 Å². The molecule has 3 aromatic rings. The van der Waals surface area contributed by atoms with Gasteiger partial charge in [0.1, 0.15) is 11.5 Å². The smallest absolute Gasteiger partial charge is 0.256 e. The molecule has 2 aromatic heterocycles. The molecule has 5 nitrogen and oxygen atoms in total. The summed E-state index contributed by atoms with van der Waals surface area (Å²) in [6.07, 6.45) is 2.71. The first-order chi connectivity index (χ1) is 12.2. The molecule has 6 heteroatoms. The van der Waals surface area contributed by atoms with Gasteiger partial charge in [-0.1, -0.05) is 42.1 Å². The second-order valence-corrected chi connectivity index (χ2v) is 6.89. The van der Waals surface area contributed by atoms with E-state index in [-0.39, 0.29) is 5.56 Å². The van der Waals surface area contributed by atoms with E-state index >= 15 is 0 Å². The summed E-state index contributed by atoms with van der Waals surface area (Å²) in [5.74, 6) is 1.78. The van der Waals surface area contributed by atoms with Crippen molar-refractivity contribution in [3.63, 3.8) is 0 Å². The SMILES string of the molecule is CSc1nc2c(c(=O)[nH]1)CN(Cc1ccc(-c3ccccc3)o1)CC2. The topological polar surface area (TPSA) is 62.1 Å². The van der Waals surface area contributed by atoms with Crippen molar-refractivity contribution in [2.75, 3.05) is 12.8 Å². The fraction of sp³-hybridized carbons (Fsp3) is 0.263. The van der Waals surface area contributed by atoms with E-state index in [0.29, 0.717) is 18.2 Å². The molecule has 3 heterocycles. The van der Waals surface area contributed by atoms with Crippen molar-refractivity contribution >= 4 is 11.8 Å². The van der Waals surface area contributed by atoms with Gasteiger partial charge in [-0.25, -0.2) is 4.98 Å². The zero-order valence-corrected chi connectivity index (χ0v) is 14.8. The number of aromatic amines is 1. The molecule has 1 aromatic carbocycles. The third-order valence-electron chi connectivity index (χ3n) is 4.42. The highest BCUT2D eigenvalue weighted by Gasteiger charge is 2.22. The molecule has 1 aliphatic rings. The lowest BCUT2D eigenvalue weighted by molar-refractivity contribution is 0.222. The Morgan fingerprint density at radius 2 is 2.08 bits per heavy atom. The Morgan fingerprint density at radius 3 is 2.88 bits per heavy atom. The molecule has 0 fully saturated rings. The molecule has 0 saturated carbocycles. The highest BCUT2D eigenvalue weighted by atomic mass is 32.2. The minimum absolute atomic E-state index is 0.0246. The number of nitrogens with one attached hydrogen (secondary N) is 1. The predicted octanol–water partition coefficient (Wildman–Crippen LogP) is 3.31. The molecule has 0 aliphatic carbocycles. The molecule has 4 rings (SSSR count). The maximum Gasteiger partial charge on any atom is 0.256 e. The van der Waals surface area contributed by atoms with E-state index in [9.17, 15) is 4.79 Å². The lowest BCUT2D eigenvalue weighted by atomic mass is 10.1. The van der Waals surface area contributed by atoms with Crippen LogP contribution >= 0.6 is 11.8 Å². The fourth-order valence-corrected chi connectivity index (χ4v) is 3.53. The number of hydrogen-bond donors (Lipinski definition) is 1. The largest absolute Gasteiger partial charge is 0.460 e. The number of benzene rings is 1. The van der Waals surface area contributed by atoms with E-state index in [1.807, 2.05) is 48.7 Å². The van der Waals surface area contributed by atoms with Crippen molar-refractivity contribution in [1.29, 1.82) is 0 Å². The van der Waals surface area contributed by atoms with Crippen molar-refractivity contribution < 1.29 is 4.42 Å². The van der Waals surface area contributed by atoms with Gasteiger partial charge in [-0.3, -0.25) is 9.69 Å². The van der Waals surface area contributed by atoms with Gasteiger partial charge in [0.25, 0.3) is 5.56 Å². The van der Waals surface area contributed by atoms with E-state index in [0.717, 1.165) is 41.3 Å². The monoisotopic (exact) mass is 353 g/mol. The molecule has 0 unspecified atom stereocenters. The van der Waals surface area contributed by atoms with Crippen LogP contribution in [0.1, 0.15) is 17.0 Å². The number of fused-ring (bicyclic) bond motifs is 1. The molecule has 25 heavy (non-hydrogen) atoms. The molecule has 0 atom stereocenters. The standard InChI is InChI=1S/C19H19N3O2S/c1-25-19-20-16-9-10-22(12-15(16)18(23)21-19)11-14-7-8-17(24-14)13-5-3-2-4-6-13/h2-8H,9-12H2,1H3,(H,20,21,23). The van der Waals surface area contributed by atoms with Crippen molar-refractivity contribution in [2.45, 2.75) is 24.7 Å². The van der Waals surface area contributed by atoms with Crippen LogP contribution in [0.5, 0.6) is 0 Å². The van der Waals surface area contributed by atoms with Crippen LogP contribution in [0.25, 0.3) is 11.3 Å². The maximum absolute atomic E-state index is 12.3. The highest BCUT2D eigenvalue weighted by Crippen LogP contribution is 2.24. The molecule has 0 radical (unpaired) electrons. The summed E-state index contributed by atoms with van der Waals surface area (Å²) in [4.78, 5) is 21.9. The van der Waals surface area contributed by atoms with Gasteiger partial charge in [0.2, 0.25) is 0 Å². The first kappa shape index (κ1) is 16.2. The molecule has 1 aliphatic heterocycles. The first-order valence-electron chi connectivity index (χ1n) is 8.25. The molecule has 0 spiro atoms. The molecular weight excluding hydrogens is 334 g/mol. The van der Waals surface area contributed by atoms with Gasteiger partial charge in [0.15, 0.2) is 5.16 Å². The summed E-state index contributed by atoms with van der Waals surface area (Å²) in [5, 5.41) is 0.690. The Labute approximate surface area is 150 Å². The summed E-state index contributed by atoms with van der Waals surface area (Å²) in [5.41, 5.74) is 2.75. The Kier molecular flexibility index (Phi) is 4.46. The fourth-order valence-electron chi connectivity index (χ4n) is 3.13. The second-order valence-electron chi connectivity index (χ2n) is 6.09. The Morgan fingerprint density at radius 1 is 1.24 bits per heavy atom. The van der Waals surface area contributed by atoms with Gasteiger partial charge < -0.3 is 9.40 Å². The third kappa shape index (κ3) is 3.41. The van der Waals surface area contributed by atoms with Gasteiger partial charge in [-0.05, 0) is 18.4 Å². The van der Waals surface area contributed by atoms with Crippen molar-refractivity contribution in [3.8, 4) is 11.3 Å². The van der Waals surface area contributed by atoms with E-state index in [2.05, 4.69) is 14.9 Å². The number of H-pyrrole nitrogens is 1.